The lowest BCUT2D eigenvalue weighted by atomic mass is 9.87. The third kappa shape index (κ3) is 15.8. The van der Waals surface area contributed by atoms with Crippen molar-refractivity contribution < 1.29 is 85.6 Å². The number of anilines is 1. The summed E-state index contributed by atoms with van der Waals surface area (Å²) >= 11 is 0.966. The number of rotatable bonds is 25. The Kier molecular flexibility index (Phi) is 18.8. The van der Waals surface area contributed by atoms with Gasteiger partial charge in [0, 0.05) is 37.1 Å². The van der Waals surface area contributed by atoms with Crippen molar-refractivity contribution in [3.8, 4) is 0 Å². The van der Waals surface area contributed by atoms with E-state index < -0.39 is 90.7 Å². The maximum absolute atomic E-state index is 12.5. The van der Waals surface area contributed by atoms with Crippen LogP contribution in [0.5, 0.6) is 0 Å². The van der Waals surface area contributed by atoms with Crippen LogP contribution in [0.25, 0.3) is 11.2 Å². The van der Waals surface area contributed by atoms with E-state index in [0.29, 0.717) is 6.42 Å². The van der Waals surface area contributed by atoms with Crippen molar-refractivity contribution in [3.05, 3.63) is 12.7 Å². The average Bonchev–Trinajstić information content (AvgIpc) is 3.68. The third-order valence-corrected chi connectivity index (χ3v) is 12.2. The molecule has 7 N–H and O–H groups in total. The molecule has 0 aliphatic carbocycles. The summed E-state index contributed by atoms with van der Waals surface area (Å²) in [4.78, 5) is 96.1. The van der Waals surface area contributed by atoms with Crippen molar-refractivity contribution in [2.75, 3.05) is 37.8 Å². The van der Waals surface area contributed by atoms with Gasteiger partial charge in [-0.05, 0) is 6.42 Å². The molecule has 0 bridgehead atoms. The van der Waals surface area contributed by atoms with Crippen LogP contribution in [-0.4, -0.2) is 114 Å². The fraction of sp³-hybridized carbons (Fsp3) is 0.724. The molecule has 3 rings (SSSR count). The standard InChI is InChI=1S/C29H50N7O18P3S/c1-4-5-6-7-17(37)12-20(39)58-11-10-31-19(38)8-9-32-27(42)24(41)29(2,3)14-51-57(48,49)54-56(46,47)50-13-18-23(53-55(43,44)45)22(40)28(52-18)36-16-35-21-25(30)33-15-34-26(21)36/h15-18,22-24,28,37,40-41H,4-14H2,1-3H3,(H,31,38)(H,32,42)(H,46,47)(H,48,49)(H2,30,33,34)(H2,43,44,45)/p-4/t17-,18-,22-,23-,24+,28-/m1/s1. The number of nitrogens with zero attached hydrogens (tertiary/aromatic N) is 4. The van der Waals surface area contributed by atoms with Crippen molar-refractivity contribution in [2.45, 2.75) is 96.0 Å². The summed E-state index contributed by atoms with van der Waals surface area (Å²) in [5.41, 5.74) is 4.05. The number of thioether (sulfide) groups is 1. The molecule has 0 radical (unpaired) electrons. The largest absolute Gasteiger partial charge is 0.790 e. The molecule has 58 heavy (non-hydrogen) atoms. The molecule has 8 atom stereocenters. The molecule has 1 saturated heterocycles. The van der Waals surface area contributed by atoms with Crippen LogP contribution < -0.4 is 35.9 Å². The third-order valence-electron chi connectivity index (χ3n) is 8.28. The molecule has 1 fully saturated rings. The van der Waals surface area contributed by atoms with Gasteiger partial charge >= 0.3 is 0 Å². The first-order chi connectivity index (χ1) is 26.9. The van der Waals surface area contributed by atoms with Gasteiger partial charge in [-0.25, -0.2) is 19.3 Å². The first-order valence-electron chi connectivity index (χ1n) is 17.6. The van der Waals surface area contributed by atoms with Crippen LogP contribution in [0.4, 0.5) is 5.82 Å². The van der Waals surface area contributed by atoms with Crippen molar-refractivity contribution in [2.24, 2.45) is 5.41 Å². The number of carbonyl (C=O) groups excluding carboxylic acids is 3. The summed E-state index contributed by atoms with van der Waals surface area (Å²) in [6, 6.07) is 0. The molecule has 0 aromatic carbocycles. The maximum Gasteiger partial charge on any atom is 0.274 e. The monoisotopic (exact) mass is 905 g/mol. The second kappa shape index (κ2) is 21.9. The number of phosphoric ester groups is 3. The van der Waals surface area contributed by atoms with Crippen LogP contribution in [0.3, 0.4) is 0 Å². The highest BCUT2D eigenvalue weighted by Gasteiger charge is 2.47. The maximum atomic E-state index is 12.5. The van der Waals surface area contributed by atoms with Crippen LogP contribution in [-0.2, 0) is 50.7 Å². The molecule has 330 valence electrons. The van der Waals surface area contributed by atoms with Crippen LogP contribution >= 0.6 is 35.2 Å². The lowest BCUT2D eigenvalue weighted by molar-refractivity contribution is -0.347. The average molecular weight is 906 g/mol. The molecule has 2 aromatic heterocycles. The minimum absolute atomic E-state index is 0.00864. The van der Waals surface area contributed by atoms with Crippen LogP contribution in [0, 0.1) is 5.41 Å². The summed E-state index contributed by atoms with van der Waals surface area (Å²) in [5.74, 6) is -1.34. The van der Waals surface area contributed by atoms with E-state index in [4.69, 9.17) is 10.5 Å². The lowest BCUT2D eigenvalue weighted by Gasteiger charge is -2.36. The quantitative estimate of drug-likeness (QED) is 0.0442. The molecule has 25 nitrogen and oxygen atoms in total. The number of fused-ring (bicyclic) bond motifs is 1. The molecule has 3 heterocycles. The Morgan fingerprint density at radius 2 is 1.74 bits per heavy atom. The van der Waals surface area contributed by atoms with Gasteiger partial charge in [0.15, 0.2) is 22.8 Å². The van der Waals surface area contributed by atoms with E-state index in [1.165, 1.54) is 13.8 Å². The Morgan fingerprint density at radius 1 is 1.05 bits per heavy atom. The van der Waals surface area contributed by atoms with Gasteiger partial charge in [-0.15, -0.1) is 0 Å². The zero-order valence-corrected chi connectivity index (χ0v) is 35.0. The van der Waals surface area contributed by atoms with E-state index in [1.807, 2.05) is 6.92 Å². The first kappa shape index (κ1) is 49.9. The molecule has 1 aliphatic heterocycles. The molecular formula is C29H46N7O18P3S-4. The van der Waals surface area contributed by atoms with E-state index in [0.717, 1.165) is 48.2 Å². The van der Waals surface area contributed by atoms with Crippen molar-refractivity contribution in [3.63, 3.8) is 0 Å². The van der Waals surface area contributed by atoms with Gasteiger partial charge in [0.1, 0.15) is 36.3 Å². The minimum Gasteiger partial charge on any atom is -0.790 e. The number of aromatic nitrogens is 4. The van der Waals surface area contributed by atoms with E-state index in [2.05, 4.69) is 43.5 Å². The number of aliphatic hydroxyl groups is 3. The first-order valence-corrected chi connectivity index (χ1v) is 23.0. The predicted octanol–water partition coefficient (Wildman–Crippen LogP) is -2.53. The fourth-order valence-electron chi connectivity index (χ4n) is 5.26. The lowest BCUT2D eigenvalue weighted by Crippen LogP contribution is -2.46. The van der Waals surface area contributed by atoms with Crippen LogP contribution in [0.1, 0.15) is 65.5 Å². The van der Waals surface area contributed by atoms with E-state index >= 15 is 0 Å². The molecule has 2 aromatic rings. The number of hydrogen-bond acceptors (Lipinski definition) is 23. The summed E-state index contributed by atoms with van der Waals surface area (Å²) in [6.45, 7) is 2.01. The minimum atomic E-state index is -5.92. The number of phosphoric acid groups is 3. The number of unbranched alkanes of at least 4 members (excludes halogenated alkanes) is 2. The topological polar surface area (TPSA) is 395 Å². The summed E-state index contributed by atoms with van der Waals surface area (Å²) in [7, 11) is -17.6. The van der Waals surface area contributed by atoms with E-state index in [1.54, 1.807) is 0 Å². The van der Waals surface area contributed by atoms with Crippen molar-refractivity contribution in [1.29, 1.82) is 0 Å². The van der Waals surface area contributed by atoms with E-state index in [-0.39, 0.29) is 53.8 Å². The van der Waals surface area contributed by atoms with Crippen molar-refractivity contribution >= 4 is 69.1 Å². The Morgan fingerprint density at radius 3 is 2.41 bits per heavy atom. The van der Waals surface area contributed by atoms with Crippen LogP contribution in [0.2, 0.25) is 0 Å². The number of nitrogens with two attached hydrogens (primary N) is 1. The van der Waals surface area contributed by atoms with Gasteiger partial charge in [-0.3, -0.25) is 28.1 Å². The molecule has 0 spiro atoms. The number of nitrogen functional groups attached to an aromatic ring is 1. The number of imidazole rings is 1. The summed E-state index contributed by atoms with van der Waals surface area (Å²) in [6.07, 6.45) is -5.05. The van der Waals surface area contributed by atoms with E-state index in [9.17, 15) is 63.0 Å². The Labute approximate surface area is 336 Å². The molecule has 2 unspecified atom stereocenters. The molecule has 0 saturated carbocycles. The number of carbonyl (C=O) groups is 3. The molecular weight excluding hydrogens is 859 g/mol. The highest BCUT2D eigenvalue weighted by atomic mass is 32.2. The van der Waals surface area contributed by atoms with Gasteiger partial charge in [0.25, 0.3) is 15.6 Å². The predicted molar refractivity (Wildman–Crippen MR) is 193 cm³/mol. The number of ether oxygens (including phenoxy) is 1. The second-order valence-corrected chi connectivity index (χ2v) is 18.8. The zero-order chi connectivity index (χ0) is 43.5. The van der Waals surface area contributed by atoms with Gasteiger partial charge in [0.2, 0.25) is 11.8 Å². The van der Waals surface area contributed by atoms with Crippen molar-refractivity contribution in [1.82, 2.24) is 30.2 Å². The normalized spacial score (nSPS) is 21.9. The molecule has 1 aliphatic rings. The van der Waals surface area contributed by atoms with Gasteiger partial charge in [0.05, 0.1) is 33.5 Å². The van der Waals surface area contributed by atoms with Crippen LogP contribution in [0.15, 0.2) is 12.7 Å². The summed E-state index contributed by atoms with van der Waals surface area (Å²) < 4.78 is 60.5. The van der Waals surface area contributed by atoms with Gasteiger partial charge in [-0.2, -0.15) is 0 Å². The number of hydrogen-bond donors (Lipinski definition) is 6. The SMILES string of the molecule is CCCCC[C@@H](O)CC(=O)SCCNC(=O)CCNC(=O)[C@H](O)C(C)(C)COP(=O)([O-])OP(=O)([O-])OC[C@H]1O[C@@H](n2cnc3c(N)ncnc32)[C@H](O)[C@@H]1OP(=O)([O-])[O-]. The van der Waals surface area contributed by atoms with Gasteiger partial charge in [-0.1, -0.05) is 51.8 Å². The Balaban J connectivity index is 1.45. The second-order valence-electron chi connectivity index (χ2n) is 13.6. The smallest absolute Gasteiger partial charge is 0.274 e. The number of nitrogens with one attached hydrogen (secondary N) is 2. The highest BCUT2D eigenvalue weighted by Crippen LogP contribution is 2.56. The Bertz CT molecular complexity index is 1850. The molecule has 29 heteroatoms. The summed E-state index contributed by atoms with van der Waals surface area (Å²) in [5, 5.41) is 35.9. The van der Waals surface area contributed by atoms with Gasteiger partial charge < -0.3 is 74.1 Å². The Hall–Kier alpha value is -2.48. The fourth-order valence-corrected chi connectivity index (χ4v) is 8.73. The number of amides is 2. The molecule has 2 amide bonds. The highest BCUT2D eigenvalue weighted by molar-refractivity contribution is 8.13. The zero-order valence-electron chi connectivity index (χ0n) is 31.5. The number of aliphatic hydroxyl groups excluding tert-OH is 3.